The Balaban J connectivity index is 2.59. The molecule has 0 atom stereocenters. The zero-order valence-electron chi connectivity index (χ0n) is 15.7. The molecule has 0 spiro atoms. The zero-order chi connectivity index (χ0) is 17.4. The average molecular weight is 496 g/mol. The van der Waals surface area contributed by atoms with Crippen molar-refractivity contribution < 1.29 is 0 Å². The maximum absolute atomic E-state index is 3.88. The van der Waals surface area contributed by atoms with Crippen LogP contribution in [0.2, 0.25) is 13.3 Å². The number of halogens is 1. The number of hydrogen-bond acceptors (Lipinski definition) is 0. The van der Waals surface area contributed by atoms with E-state index >= 15 is 0 Å². The third kappa shape index (κ3) is 4.78. The van der Waals surface area contributed by atoms with Crippen molar-refractivity contribution in [2.24, 2.45) is 0 Å². The van der Waals surface area contributed by atoms with Crippen molar-refractivity contribution in [3.05, 3.63) is 40.9 Å². The van der Waals surface area contributed by atoms with E-state index in [0.29, 0.717) is 0 Å². The molecule has 0 radical (unpaired) electrons. The first-order chi connectivity index (χ1) is 11.7. The van der Waals surface area contributed by atoms with Gasteiger partial charge in [0.15, 0.2) is 0 Å². The van der Waals surface area contributed by atoms with Gasteiger partial charge in [0.05, 0.1) is 0 Å². The van der Waals surface area contributed by atoms with Crippen LogP contribution in [-0.4, -0.2) is 18.4 Å². The van der Waals surface area contributed by atoms with Gasteiger partial charge in [-0.2, -0.15) is 0 Å². The Morgan fingerprint density at radius 3 is 1.75 bits per heavy atom. The van der Waals surface area contributed by atoms with Crippen LogP contribution in [-0.2, 0) is 0 Å². The summed E-state index contributed by atoms with van der Waals surface area (Å²) in [7, 11) is 0. The van der Waals surface area contributed by atoms with Crippen LogP contribution < -0.4 is 3.58 Å². The van der Waals surface area contributed by atoms with Gasteiger partial charge in [-0.15, -0.1) is 0 Å². The van der Waals surface area contributed by atoms with Gasteiger partial charge in [0.1, 0.15) is 0 Å². The Labute approximate surface area is 161 Å². The summed E-state index contributed by atoms with van der Waals surface area (Å²) in [5.74, 6) is 0. The summed E-state index contributed by atoms with van der Waals surface area (Å²) < 4.78 is 7.70. The first-order valence-corrected chi connectivity index (χ1v) is 18.1. The Morgan fingerprint density at radius 1 is 0.750 bits per heavy atom. The molecule has 2 heteroatoms. The summed E-state index contributed by atoms with van der Waals surface area (Å²) >= 11 is 1.50. The molecule has 24 heavy (non-hydrogen) atoms. The van der Waals surface area contributed by atoms with Crippen LogP contribution in [0.25, 0.3) is 10.8 Å². The molecule has 0 aliphatic rings. The summed E-state index contributed by atoms with van der Waals surface area (Å²) in [5.41, 5.74) is 0. The van der Waals surface area contributed by atoms with Gasteiger partial charge >= 0.3 is 162 Å². The Bertz CT molecular complexity index is 608. The van der Waals surface area contributed by atoms with Gasteiger partial charge in [-0.25, -0.2) is 0 Å². The summed E-state index contributed by atoms with van der Waals surface area (Å²) in [6, 6.07) is 13.8. The molecule has 132 valence electrons. The molecule has 2 aromatic rings. The molecule has 0 aliphatic carbocycles. The van der Waals surface area contributed by atoms with Crippen LogP contribution in [0.3, 0.4) is 0 Å². The fourth-order valence-corrected chi connectivity index (χ4v) is 22.0. The third-order valence-electron chi connectivity index (χ3n) is 5.45. The molecule has 0 saturated heterocycles. The minimum atomic E-state index is -2.38. The van der Waals surface area contributed by atoms with Crippen molar-refractivity contribution >= 4 is 48.7 Å². The van der Waals surface area contributed by atoms with Gasteiger partial charge in [0.25, 0.3) is 0 Å². The number of hydrogen-bond donors (Lipinski definition) is 0. The molecular formula is C22H33BrSn. The minimum absolute atomic E-state index is 1.31. The number of fused-ring (bicyclic) bond motifs is 1. The molecule has 0 aliphatic heterocycles. The molecule has 0 saturated carbocycles. The van der Waals surface area contributed by atoms with E-state index in [1.807, 2.05) is 0 Å². The second-order valence-electron chi connectivity index (χ2n) is 7.23. The Kier molecular flexibility index (Phi) is 8.63. The van der Waals surface area contributed by atoms with E-state index < -0.39 is 18.4 Å². The second kappa shape index (κ2) is 10.2. The van der Waals surface area contributed by atoms with Crippen molar-refractivity contribution in [1.82, 2.24) is 0 Å². The molecule has 2 rings (SSSR count). The van der Waals surface area contributed by atoms with Crippen molar-refractivity contribution in [2.45, 2.75) is 72.6 Å². The van der Waals surface area contributed by atoms with E-state index in [9.17, 15) is 0 Å². The Morgan fingerprint density at radius 2 is 1.25 bits per heavy atom. The molecule has 0 fully saturated rings. The van der Waals surface area contributed by atoms with E-state index in [2.05, 4.69) is 73.1 Å². The van der Waals surface area contributed by atoms with E-state index in [1.165, 1.54) is 61.7 Å². The fraction of sp³-hybridized carbons (Fsp3) is 0.545. The summed E-state index contributed by atoms with van der Waals surface area (Å²) in [5, 5.41) is 2.96. The molecule has 0 bridgehead atoms. The first kappa shape index (κ1) is 20.3. The van der Waals surface area contributed by atoms with Crippen molar-refractivity contribution in [3.63, 3.8) is 0 Å². The van der Waals surface area contributed by atoms with Gasteiger partial charge in [-0.3, -0.25) is 0 Å². The van der Waals surface area contributed by atoms with Crippen LogP contribution in [0, 0.1) is 0 Å². The average Bonchev–Trinajstić information content (AvgIpc) is 2.61. The SMILES string of the molecule is CCC[CH2][Sn]([CH2]CCC)([CH2]CCC)[c]1cccc2cccc(Br)c12. The third-order valence-corrected chi connectivity index (χ3v) is 21.8. The number of benzene rings is 2. The fourth-order valence-electron chi connectivity index (χ4n) is 4.06. The van der Waals surface area contributed by atoms with Crippen LogP contribution in [0.15, 0.2) is 40.9 Å². The monoisotopic (exact) mass is 496 g/mol. The summed E-state index contributed by atoms with van der Waals surface area (Å²) in [4.78, 5) is 0. The van der Waals surface area contributed by atoms with Crippen molar-refractivity contribution in [2.75, 3.05) is 0 Å². The van der Waals surface area contributed by atoms with Crippen LogP contribution >= 0.6 is 15.9 Å². The van der Waals surface area contributed by atoms with Gasteiger partial charge in [0.2, 0.25) is 0 Å². The first-order valence-electron chi connectivity index (χ1n) is 9.86. The molecule has 0 heterocycles. The predicted octanol–water partition coefficient (Wildman–Crippen LogP) is 7.66. The summed E-state index contributed by atoms with van der Waals surface area (Å²) in [6.07, 6.45) is 8.27. The quantitative estimate of drug-likeness (QED) is 0.297. The second-order valence-corrected chi connectivity index (χ2v) is 21.2. The zero-order valence-corrected chi connectivity index (χ0v) is 20.1. The number of unbranched alkanes of at least 4 members (excludes halogenated alkanes) is 3. The standard InChI is InChI=1S/C10H6Br.3C4H9.Sn/c11-10-7-3-5-8-4-1-2-6-9(8)10;3*1-3-4-2;/h1-5,7H;3*1,3-4H2,2H3;. The van der Waals surface area contributed by atoms with Gasteiger partial charge in [-0.05, 0) is 0 Å². The number of rotatable bonds is 10. The molecular weight excluding hydrogens is 463 g/mol. The molecule has 0 unspecified atom stereocenters. The predicted molar refractivity (Wildman–Crippen MR) is 116 cm³/mol. The molecule has 0 aromatic heterocycles. The molecule has 0 N–H and O–H groups in total. The van der Waals surface area contributed by atoms with E-state index in [1.54, 1.807) is 8.97 Å². The van der Waals surface area contributed by atoms with Crippen LogP contribution in [0.1, 0.15) is 59.3 Å². The molecule has 2 aromatic carbocycles. The summed E-state index contributed by atoms with van der Waals surface area (Å²) in [6.45, 7) is 7.07. The topological polar surface area (TPSA) is 0 Å². The van der Waals surface area contributed by atoms with E-state index in [-0.39, 0.29) is 0 Å². The van der Waals surface area contributed by atoms with E-state index in [0.717, 1.165) is 0 Å². The van der Waals surface area contributed by atoms with Crippen molar-refractivity contribution in [3.8, 4) is 0 Å². The van der Waals surface area contributed by atoms with Crippen LogP contribution in [0.4, 0.5) is 0 Å². The molecule has 0 amide bonds. The molecule has 0 nitrogen and oxygen atoms in total. The van der Waals surface area contributed by atoms with E-state index in [4.69, 9.17) is 0 Å². The van der Waals surface area contributed by atoms with Gasteiger partial charge < -0.3 is 0 Å². The Hall–Kier alpha value is -0.0213. The normalized spacial score (nSPS) is 12.0. The van der Waals surface area contributed by atoms with Gasteiger partial charge in [0, 0.05) is 0 Å². The van der Waals surface area contributed by atoms with Crippen molar-refractivity contribution in [1.29, 1.82) is 0 Å². The maximum atomic E-state index is 3.88. The van der Waals surface area contributed by atoms with Gasteiger partial charge in [-0.1, -0.05) is 0 Å². The van der Waals surface area contributed by atoms with Crippen LogP contribution in [0.5, 0.6) is 0 Å².